The van der Waals surface area contributed by atoms with Gasteiger partial charge in [0.2, 0.25) is 0 Å². The summed E-state index contributed by atoms with van der Waals surface area (Å²) in [4.78, 5) is 0. The lowest BCUT2D eigenvalue weighted by Crippen LogP contribution is -2.43. The molecule has 1 fully saturated rings. The van der Waals surface area contributed by atoms with Crippen LogP contribution in [0.25, 0.3) is 0 Å². The van der Waals surface area contributed by atoms with Gasteiger partial charge in [0.25, 0.3) is 0 Å². The minimum atomic E-state index is -1.63. The molecule has 1 atom stereocenters. The van der Waals surface area contributed by atoms with Crippen LogP contribution in [0.5, 0.6) is 0 Å². The third kappa shape index (κ3) is 5.07. The van der Waals surface area contributed by atoms with Gasteiger partial charge in [-0.2, -0.15) is 0 Å². The van der Waals surface area contributed by atoms with E-state index in [1.807, 2.05) is 0 Å². The highest BCUT2D eigenvalue weighted by molar-refractivity contribution is 6.74. The van der Waals surface area contributed by atoms with E-state index in [0.29, 0.717) is 11.1 Å². The summed E-state index contributed by atoms with van der Waals surface area (Å²) >= 11 is 0. The van der Waals surface area contributed by atoms with Gasteiger partial charge in [0, 0.05) is 6.10 Å². The summed E-state index contributed by atoms with van der Waals surface area (Å²) in [5, 5.41) is 0.299. The maximum Gasteiger partial charge on any atom is 0.192 e. The Morgan fingerprint density at radius 1 is 1.21 bits per heavy atom. The lowest BCUT2D eigenvalue weighted by molar-refractivity contribution is 0.193. The van der Waals surface area contributed by atoms with E-state index >= 15 is 0 Å². The summed E-state index contributed by atoms with van der Waals surface area (Å²) in [6, 6.07) is 0. The Morgan fingerprint density at radius 3 is 2.21 bits per heavy atom. The van der Waals surface area contributed by atoms with Crippen LogP contribution in [0.4, 0.5) is 0 Å². The molecule has 0 aromatic heterocycles. The van der Waals surface area contributed by atoms with E-state index in [-0.39, 0.29) is 0 Å². The third-order valence-corrected chi connectivity index (χ3v) is 9.64. The molecular formula is C17H34OSi. The Labute approximate surface area is 122 Å². The molecule has 0 bridgehead atoms. The highest BCUT2D eigenvalue weighted by Gasteiger charge is 2.38. The molecule has 0 aliphatic heterocycles. The van der Waals surface area contributed by atoms with Gasteiger partial charge in [0.05, 0.1) is 0 Å². The van der Waals surface area contributed by atoms with Crippen molar-refractivity contribution in [1.82, 2.24) is 0 Å². The third-order valence-electron chi connectivity index (χ3n) is 5.03. The first-order valence-electron chi connectivity index (χ1n) is 7.99. The SMILES string of the molecule is C=C(CC(C)O[Si](C)(C)C(C)(C)C)C1CCCCC1. The van der Waals surface area contributed by atoms with Gasteiger partial charge in [-0.05, 0) is 50.2 Å². The van der Waals surface area contributed by atoms with Gasteiger partial charge in [-0.3, -0.25) is 0 Å². The van der Waals surface area contributed by atoms with Crippen molar-refractivity contribution in [3.05, 3.63) is 12.2 Å². The molecule has 0 aromatic rings. The predicted molar refractivity (Wildman–Crippen MR) is 88.1 cm³/mol. The zero-order valence-corrected chi connectivity index (χ0v) is 15.0. The zero-order valence-electron chi connectivity index (χ0n) is 14.0. The topological polar surface area (TPSA) is 9.23 Å². The summed E-state index contributed by atoms with van der Waals surface area (Å²) in [7, 11) is -1.63. The predicted octanol–water partition coefficient (Wildman–Crippen LogP) is 5.92. The average molecular weight is 283 g/mol. The van der Waals surface area contributed by atoms with Crippen molar-refractivity contribution in [3.63, 3.8) is 0 Å². The molecule has 1 saturated carbocycles. The van der Waals surface area contributed by atoms with Crippen LogP contribution >= 0.6 is 0 Å². The Hall–Kier alpha value is -0.0831. The zero-order chi connectivity index (χ0) is 14.7. The van der Waals surface area contributed by atoms with Crippen LogP contribution in [0.15, 0.2) is 12.2 Å². The highest BCUT2D eigenvalue weighted by Crippen LogP contribution is 2.38. The standard InChI is InChI=1S/C17H34OSi/c1-14(16-11-9-8-10-12-16)13-15(2)18-19(6,7)17(3,4)5/h15-16H,1,8-13H2,2-7H3. The van der Waals surface area contributed by atoms with E-state index in [1.54, 1.807) is 0 Å². The minimum Gasteiger partial charge on any atom is -0.414 e. The van der Waals surface area contributed by atoms with Crippen molar-refractivity contribution < 1.29 is 4.43 Å². The van der Waals surface area contributed by atoms with Crippen molar-refractivity contribution in [2.24, 2.45) is 5.92 Å². The summed E-state index contributed by atoms with van der Waals surface area (Å²) in [5.74, 6) is 0.763. The monoisotopic (exact) mass is 282 g/mol. The Balaban J connectivity index is 2.46. The number of rotatable bonds is 5. The average Bonchev–Trinajstić information content (AvgIpc) is 2.27. The summed E-state index contributed by atoms with van der Waals surface area (Å²) in [5.41, 5.74) is 1.44. The molecular weight excluding hydrogens is 248 g/mol. The number of hydrogen-bond donors (Lipinski definition) is 0. The lowest BCUT2D eigenvalue weighted by atomic mass is 9.82. The molecule has 1 nitrogen and oxygen atoms in total. The second kappa shape index (κ2) is 6.58. The van der Waals surface area contributed by atoms with E-state index < -0.39 is 8.32 Å². The van der Waals surface area contributed by atoms with Crippen LogP contribution in [0.2, 0.25) is 18.1 Å². The van der Waals surface area contributed by atoms with Crippen LogP contribution < -0.4 is 0 Å². The van der Waals surface area contributed by atoms with Crippen molar-refractivity contribution in [2.75, 3.05) is 0 Å². The van der Waals surface area contributed by atoms with E-state index in [4.69, 9.17) is 4.43 Å². The van der Waals surface area contributed by atoms with Crippen molar-refractivity contribution >= 4 is 8.32 Å². The van der Waals surface area contributed by atoms with Crippen molar-refractivity contribution in [1.29, 1.82) is 0 Å². The Bertz CT molecular complexity index is 295. The van der Waals surface area contributed by atoms with Crippen LogP contribution in [-0.4, -0.2) is 14.4 Å². The summed E-state index contributed by atoms with van der Waals surface area (Å²) in [6.07, 6.45) is 8.28. The molecule has 0 N–H and O–H groups in total. The minimum absolute atomic E-state index is 0.299. The molecule has 2 heteroatoms. The van der Waals surface area contributed by atoms with Crippen LogP contribution in [0.3, 0.4) is 0 Å². The first-order valence-corrected chi connectivity index (χ1v) is 10.9. The highest BCUT2D eigenvalue weighted by atomic mass is 28.4. The molecule has 0 aromatic carbocycles. The maximum absolute atomic E-state index is 6.44. The second-order valence-electron chi connectivity index (χ2n) is 7.89. The summed E-state index contributed by atoms with van der Waals surface area (Å²) in [6.45, 7) is 18.2. The molecule has 0 amide bonds. The van der Waals surface area contributed by atoms with Crippen LogP contribution in [0, 0.1) is 5.92 Å². The molecule has 0 radical (unpaired) electrons. The summed E-state index contributed by atoms with van der Waals surface area (Å²) < 4.78 is 6.44. The normalized spacial score (nSPS) is 20.3. The maximum atomic E-state index is 6.44. The second-order valence-corrected chi connectivity index (χ2v) is 12.6. The lowest BCUT2D eigenvalue weighted by Gasteiger charge is -2.39. The van der Waals surface area contributed by atoms with E-state index in [9.17, 15) is 0 Å². The van der Waals surface area contributed by atoms with E-state index in [2.05, 4.69) is 47.4 Å². The molecule has 0 saturated heterocycles. The molecule has 112 valence electrons. The van der Waals surface area contributed by atoms with Gasteiger partial charge in [0.1, 0.15) is 0 Å². The molecule has 1 rings (SSSR count). The smallest absolute Gasteiger partial charge is 0.192 e. The Morgan fingerprint density at radius 2 is 1.74 bits per heavy atom. The Kier molecular flexibility index (Phi) is 5.88. The van der Waals surface area contributed by atoms with E-state index in [0.717, 1.165) is 12.3 Å². The van der Waals surface area contributed by atoms with Crippen LogP contribution in [0.1, 0.15) is 66.2 Å². The van der Waals surface area contributed by atoms with Crippen molar-refractivity contribution in [3.8, 4) is 0 Å². The van der Waals surface area contributed by atoms with Gasteiger partial charge >= 0.3 is 0 Å². The number of hydrogen-bond acceptors (Lipinski definition) is 1. The molecule has 1 unspecified atom stereocenters. The van der Waals surface area contributed by atoms with Gasteiger partial charge in [-0.1, -0.05) is 52.2 Å². The van der Waals surface area contributed by atoms with Gasteiger partial charge < -0.3 is 4.43 Å². The fourth-order valence-corrected chi connectivity index (χ4v) is 4.21. The molecule has 0 heterocycles. The van der Waals surface area contributed by atoms with Crippen LogP contribution in [-0.2, 0) is 4.43 Å². The quantitative estimate of drug-likeness (QED) is 0.449. The molecule has 1 aliphatic carbocycles. The first-order chi connectivity index (χ1) is 8.63. The molecule has 0 spiro atoms. The fourth-order valence-electron chi connectivity index (χ4n) is 2.77. The van der Waals surface area contributed by atoms with E-state index in [1.165, 1.54) is 37.7 Å². The fraction of sp³-hybridized carbons (Fsp3) is 0.882. The van der Waals surface area contributed by atoms with Gasteiger partial charge in [-0.15, -0.1) is 0 Å². The van der Waals surface area contributed by atoms with Gasteiger partial charge in [-0.25, -0.2) is 0 Å². The van der Waals surface area contributed by atoms with Gasteiger partial charge in [0.15, 0.2) is 8.32 Å². The first kappa shape index (κ1) is 17.0. The largest absolute Gasteiger partial charge is 0.414 e. The van der Waals surface area contributed by atoms with Crippen molar-refractivity contribution in [2.45, 2.75) is 90.5 Å². The molecule has 19 heavy (non-hydrogen) atoms. The molecule has 1 aliphatic rings.